The fourth-order valence-corrected chi connectivity index (χ4v) is 7.06. The second-order valence-corrected chi connectivity index (χ2v) is 11.4. The van der Waals surface area contributed by atoms with Crippen molar-refractivity contribution in [2.24, 2.45) is 0 Å². The number of imidazole rings is 1. The lowest BCUT2D eigenvalue weighted by atomic mass is 10.0. The highest BCUT2D eigenvalue weighted by Crippen LogP contribution is 2.48. The number of rotatable bonds is 12. The van der Waals surface area contributed by atoms with Crippen LogP contribution >= 0.6 is 7.60 Å². The molecule has 4 aromatic rings. The first kappa shape index (κ1) is 28.5. The van der Waals surface area contributed by atoms with Crippen molar-refractivity contribution in [3.05, 3.63) is 88.1 Å². The summed E-state index contributed by atoms with van der Waals surface area (Å²) in [6.45, 7) is 5.76. The summed E-state index contributed by atoms with van der Waals surface area (Å²) in [5, 5.41) is 22.9. The molecule has 1 aliphatic carbocycles. The molecular weight excluding hydrogens is 547 g/mol. The third-order valence-corrected chi connectivity index (χ3v) is 9.01. The highest BCUT2D eigenvalue weighted by atomic mass is 31.2. The summed E-state index contributed by atoms with van der Waals surface area (Å²) in [5.74, 6) is -1.46. The molecule has 0 bridgehead atoms. The Morgan fingerprint density at radius 2 is 1.80 bits per heavy atom. The molecule has 0 radical (unpaired) electrons. The maximum absolute atomic E-state index is 13.7. The Morgan fingerprint density at radius 3 is 2.46 bits per heavy atom. The second kappa shape index (κ2) is 11.9. The molecule has 12 nitrogen and oxygen atoms in total. The number of aromatic carboxylic acids is 1. The normalized spacial score (nSPS) is 14.9. The molecule has 0 amide bonds. The quantitative estimate of drug-likeness (QED) is 0.247. The average Bonchev–Trinajstić information content (AvgIpc) is 3.65. The van der Waals surface area contributed by atoms with Gasteiger partial charge in [-0.25, -0.2) is 9.78 Å². The minimum atomic E-state index is -3.92. The number of benzene rings is 2. The van der Waals surface area contributed by atoms with Crippen molar-refractivity contribution in [2.75, 3.05) is 13.2 Å². The van der Waals surface area contributed by atoms with Gasteiger partial charge in [-0.05, 0) is 42.2 Å². The van der Waals surface area contributed by atoms with Crippen molar-refractivity contribution in [3.63, 3.8) is 0 Å². The van der Waals surface area contributed by atoms with Crippen molar-refractivity contribution in [1.29, 1.82) is 0 Å². The molecule has 0 fully saturated rings. The van der Waals surface area contributed by atoms with Crippen molar-refractivity contribution in [3.8, 4) is 0 Å². The second-order valence-electron chi connectivity index (χ2n) is 9.49. The summed E-state index contributed by atoms with van der Waals surface area (Å²) in [7, 11) is -3.92. The molecule has 2 heterocycles. The number of nitrogens with zero attached hydrogens (tertiary/aromatic N) is 6. The molecule has 1 atom stereocenters. The summed E-state index contributed by atoms with van der Waals surface area (Å²) in [6, 6.07) is 14.4. The fraction of sp³-hybridized carbons (Fsp3) is 0.357. The first-order valence-electron chi connectivity index (χ1n) is 13.5. The lowest BCUT2D eigenvalue weighted by molar-refractivity contribution is 0.0674. The topological polar surface area (TPSA) is 151 Å². The van der Waals surface area contributed by atoms with Crippen LogP contribution in [0.1, 0.15) is 76.0 Å². The molecule has 2 aromatic carbocycles. The lowest BCUT2D eigenvalue weighted by Gasteiger charge is -2.19. The summed E-state index contributed by atoms with van der Waals surface area (Å²) in [6.07, 6.45) is 0.851. The Labute approximate surface area is 236 Å². The predicted molar refractivity (Wildman–Crippen MR) is 149 cm³/mol. The standard InChI is InChI=1S/C28H31N6O6P/c1-4-22-27(41(38,39-5-2)40-6-3)29-26(28(36)37)34(22)23-16-21-19(13-10-14-20(21)25(23)35)15-24-30-32-33(31-24)17-18-11-8-7-9-12-18/h7-14,23H,4-6,15-17H2,1-3H3,(H,36,37). The van der Waals surface area contributed by atoms with Crippen LogP contribution in [0, 0.1) is 0 Å². The number of carbonyl (C=O) groups excluding carboxylic acids is 1. The highest BCUT2D eigenvalue weighted by molar-refractivity contribution is 7.62. The van der Waals surface area contributed by atoms with Crippen LogP contribution in [0.15, 0.2) is 48.5 Å². The molecule has 13 heteroatoms. The molecule has 5 rings (SSSR count). The number of ketones is 1. The van der Waals surface area contributed by atoms with E-state index in [1.54, 1.807) is 32.9 Å². The Balaban J connectivity index is 1.48. The maximum atomic E-state index is 13.7. The van der Waals surface area contributed by atoms with E-state index in [9.17, 15) is 19.3 Å². The van der Waals surface area contributed by atoms with Gasteiger partial charge in [0, 0.05) is 18.4 Å². The molecule has 1 aliphatic rings. The first-order chi connectivity index (χ1) is 19.8. The van der Waals surface area contributed by atoms with E-state index in [4.69, 9.17) is 9.05 Å². The number of carboxylic acids is 1. The Bertz CT molecular complexity index is 1620. The van der Waals surface area contributed by atoms with Gasteiger partial charge in [0.05, 0.1) is 25.5 Å². The summed E-state index contributed by atoms with van der Waals surface area (Å²) < 4.78 is 26.0. The van der Waals surface area contributed by atoms with E-state index in [2.05, 4.69) is 20.4 Å². The van der Waals surface area contributed by atoms with Crippen molar-refractivity contribution in [2.45, 2.75) is 52.6 Å². The van der Waals surface area contributed by atoms with Crippen LogP contribution < -0.4 is 5.44 Å². The van der Waals surface area contributed by atoms with Gasteiger partial charge in [-0.2, -0.15) is 4.80 Å². The van der Waals surface area contributed by atoms with E-state index >= 15 is 0 Å². The van der Waals surface area contributed by atoms with Gasteiger partial charge in [0.25, 0.3) is 0 Å². The molecular formula is C28H31N6O6P. The summed E-state index contributed by atoms with van der Waals surface area (Å²) in [5.41, 5.74) is 3.45. The van der Waals surface area contributed by atoms with E-state index in [0.29, 0.717) is 30.0 Å². The molecule has 0 aliphatic heterocycles. The van der Waals surface area contributed by atoms with E-state index < -0.39 is 19.6 Å². The van der Waals surface area contributed by atoms with Gasteiger partial charge in [0.1, 0.15) is 6.04 Å². The zero-order valence-corrected chi connectivity index (χ0v) is 24.0. The van der Waals surface area contributed by atoms with E-state index in [1.165, 1.54) is 9.36 Å². The van der Waals surface area contributed by atoms with Crippen LogP contribution in [0.2, 0.25) is 0 Å². The molecule has 2 aromatic heterocycles. The smallest absolute Gasteiger partial charge is 0.381 e. The van der Waals surface area contributed by atoms with Gasteiger partial charge in [0.15, 0.2) is 17.0 Å². The Kier molecular flexibility index (Phi) is 8.25. The molecule has 0 saturated heterocycles. The van der Waals surface area contributed by atoms with Crippen molar-refractivity contribution < 1.29 is 28.3 Å². The third-order valence-electron chi connectivity index (χ3n) is 6.93. The Hall–Kier alpha value is -3.99. The number of hydrogen-bond acceptors (Lipinski definition) is 9. The van der Waals surface area contributed by atoms with Crippen LogP contribution in [0.4, 0.5) is 0 Å². The van der Waals surface area contributed by atoms with Crippen LogP contribution in [-0.2, 0) is 39.4 Å². The van der Waals surface area contributed by atoms with Gasteiger partial charge >= 0.3 is 13.6 Å². The minimum Gasteiger partial charge on any atom is -0.475 e. The van der Waals surface area contributed by atoms with Crippen molar-refractivity contribution in [1.82, 2.24) is 29.8 Å². The molecule has 1 N–H and O–H groups in total. The van der Waals surface area contributed by atoms with Gasteiger partial charge in [-0.3, -0.25) is 9.36 Å². The minimum absolute atomic E-state index is 0.0655. The number of aromatic nitrogens is 6. The zero-order chi connectivity index (χ0) is 29.1. The van der Waals surface area contributed by atoms with E-state index in [1.807, 2.05) is 36.4 Å². The highest BCUT2D eigenvalue weighted by Gasteiger charge is 2.42. The van der Waals surface area contributed by atoms with Crippen molar-refractivity contribution >= 4 is 24.8 Å². The maximum Gasteiger partial charge on any atom is 0.381 e. The van der Waals surface area contributed by atoms with Crippen LogP contribution in [0.3, 0.4) is 0 Å². The van der Waals surface area contributed by atoms with Crippen LogP contribution in [0.25, 0.3) is 0 Å². The van der Waals surface area contributed by atoms with E-state index in [-0.39, 0.29) is 43.1 Å². The largest absolute Gasteiger partial charge is 0.475 e. The van der Waals surface area contributed by atoms with Gasteiger partial charge in [-0.1, -0.05) is 55.5 Å². The van der Waals surface area contributed by atoms with Gasteiger partial charge < -0.3 is 18.7 Å². The number of Topliss-reactive ketones (excluding diaryl/α,β-unsaturated/α-hetero) is 1. The predicted octanol–water partition coefficient (Wildman–Crippen LogP) is 3.64. The van der Waals surface area contributed by atoms with Crippen LogP contribution in [-0.4, -0.2) is 59.8 Å². The number of carboxylic acid groups (broad SMARTS) is 1. The Morgan fingerprint density at radius 1 is 1.07 bits per heavy atom. The number of tetrazole rings is 1. The summed E-state index contributed by atoms with van der Waals surface area (Å²) >= 11 is 0. The lowest BCUT2D eigenvalue weighted by Crippen LogP contribution is -2.24. The number of carbonyl (C=O) groups is 2. The third kappa shape index (κ3) is 5.50. The first-order valence-corrected chi connectivity index (χ1v) is 15.0. The fourth-order valence-electron chi connectivity index (χ4n) is 5.27. The molecule has 1 unspecified atom stereocenters. The monoisotopic (exact) mass is 578 g/mol. The number of fused-ring (bicyclic) bond motifs is 1. The zero-order valence-electron chi connectivity index (χ0n) is 23.1. The average molecular weight is 579 g/mol. The molecule has 0 spiro atoms. The van der Waals surface area contributed by atoms with E-state index in [0.717, 1.165) is 16.7 Å². The van der Waals surface area contributed by atoms with Gasteiger partial charge in [-0.15, -0.1) is 10.2 Å². The summed E-state index contributed by atoms with van der Waals surface area (Å²) in [4.78, 5) is 31.8. The van der Waals surface area contributed by atoms with Crippen LogP contribution in [0.5, 0.6) is 0 Å². The SMILES string of the molecule is CCOP(=O)(OCC)c1nc(C(=O)O)n(C2Cc3c(Cc4nnn(Cc5ccccc5)n4)cccc3C2=O)c1CC. The molecule has 214 valence electrons. The molecule has 0 saturated carbocycles. The number of hydrogen-bond donors (Lipinski definition) is 1. The molecule has 41 heavy (non-hydrogen) atoms. The van der Waals surface area contributed by atoms with Gasteiger partial charge in [0.2, 0.25) is 5.82 Å².